The summed E-state index contributed by atoms with van der Waals surface area (Å²) in [6.07, 6.45) is 2.15. The van der Waals surface area contributed by atoms with E-state index in [-0.39, 0.29) is 0 Å². The molecule has 82 valence electrons. The molecule has 1 aromatic rings. The predicted octanol–water partition coefficient (Wildman–Crippen LogP) is 3.84. The van der Waals surface area contributed by atoms with Gasteiger partial charge in [-0.15, -0.1) is 0 Å². The van der Waals surface area contributed by atoms with Crippen molar-refractivity contribution >= 4 is 21.6 Å². The topological polar surface area (TPSA) is 21.3 Å². The van der Waals surface area contributed by atoms with E-state index in [4.69, 9.17) is 4.74 Å². The maximum absolute atomic E-state index is 5.16. The number of allylic oxidation sites excluding steroid dienone is 1. The highest BCUT2D eigenvalue weighted by Crippen LogP contribution is 2.27. The summed E-state index contributed by atoms with van der Waals surface area (Å²) in [4.78, 5) is 0. The van der Waals surface area contributed by atoms with Gasteiger partial charge in [0.1, 0.15) is 5.75 Å². The second-order valence-corrected chi connectivity index (χ2v) is 4.37. The fourth-order valence-corrected chi connectivity index (χ4v) is 1.69. The zero-order valence-corrected chi connectivity index (χ0v) is 10.9. The SMILES string of the molecule is COc1ccc(NCC=C(C)C)cc1Br. The maximum Gasteiger partial charge on any atom is 0.133 e. The third-order valence-corrected chi connectivity index (χ3v) is 2.59. The minimum Gasteiger partial charge on any atom is -0.496 e. The lowest BCUT2D eigenvalue weighted by Gasteiger charge is -2.07. The van der Waals surface area contributed by atoms with Crippen molar-refractivity contribution in [2.24, 2.45) is 0 Å². The van der Waals surface area contributed by atoms with Crippen molar-refractivity contribution in [1.29, 1.82) is 0 Å². The monoisotopic (exact) mass is 269 g/mol. The Labute approximate surface area is 99.5 Å². The van der Waals surface area contributed by atoms with E-state index in [1.807, 2.05) is 18.2 Å². The van der Waals surface area contributed by atoms with Crippen molar-refractivity contribution in [2.75, 3.05) is 19.0 Å². The number of hydrogen-bond donors (Lipinski definition) is 1. The Hall–Kier alpha value is -0.960. The molecule has 2 nitrogen and oxygen atoms in total. The summed E-state index contributed by atoms with van der Waals surface area (Å²) in [7, 11) is 1.66. The fraction of sp³-hybridized carbons (Fsp3) is 0.333. The predicted molar refractivity (Wildman–Crippen MR) is 68.6 cm³/mol. The molecule has 0 spiro atoms. The highest BCUT2D eigenvalue weighted by molar-refractivity contribution is 9.10. The third-order valence-electron chi connectivity index (χ3n) is 1.97. The normalized spacial score (nSPS) is 9.60. The van der Waals surface area contributed by atoms with Gasteiger partial charge in [-0.1, -0.05) is 11.6 Å². The van der Waals surface area contributed by atoms with Crippen molar-refractivity contribution in [3.8, 4) is 5.75 Å². The molecule has 0 saturated carbocycles. The second-order valence-electron chi connectivity index (χ2n) is 3.51. The van der Waals surface area contributed by atoms with E-state index in [9.17, 15) is 0 Å². The number of ether oxygens (including phenoxy) is 1. The molecule has 1 aromatic carbocycles. The molecule has 0 saturated heterocycles. The number of benzene rings is 1. The van der Waals surface area contributed by atoms with Crippen molar-refractivity contribution in [2.45, 2.75) is 13.8 Å². The van der Waals surface area contributed by atoms with Crippen LogP contribution in [0, 0.1) is 0 Å². The summed E-state index contributed by atoms with van der Waals surface area (Å²) in [5.41, 5.74) is 2.40. The van der Waals surface area contributed by atoms with Crippen molar-refractivity contribution in [3.63, 3.8) is 0 Å². The van der Waals surface area contributed by atoms with Gasteiger partial charge in [0.2, 0.25) is 0 Å². The highest BCUT2D eigenvalue weighted by Gasteiger charge is 1.99. The van der Waals surface area contributed by atoms with Gasteiger partial charge in [-0.3, -0.25) is 0 Å². The molecule has 1 rings (SSSR count). The fourth-order valence-electron chi connectivity index (χ4n) is 1.15. The van der Waals surface area contributed by atoms with E-state index < -0.39 is 0 Å². The van der Waals surface area contributed by atoms with E-state index in [1.54, 1.807) is 7.11 Å². The molecule has 0 aliphatic heterocycles. The van der Waals surface area contributed by atoms with Gasteiger partial charge in [0.05, 0.1) is 11.6 Å². The molecule has 0 aromatic heterocycles. The lowest BCUT2D eigenvalue weighted by atomic mass is 10.3. The van der Waals surface area contributed by atoms with Gasteiger partial charge >= 0.3 is 0 Å². The molecular weight excluding hydrogens is 254 g/mol. The molecule has 0 heterocycles. The highest BCUT2D eigenvalue weighted by atomic mass is 79.9. The summed E-state index contributed by atoms with van der Waals surface area (Å²) < 4.78 is 6.12. The average Bonchev–Trinajstić information content (AvgIpc) is 2.17. The zero-order valence-electron chi connectivity index (χ0n) is 9.30. The van der Waals surface area contributed by atoms with Crippen molar-refractivity contribution < 1.29 is 4.74 Å². The molecule has 0 amide bonds. The zero-order chi connectivity index (χ0) is 11.3. The van der Waals surface area contributed by atoms with Crippen LogP contribution in [0.25, 0.3) is 0 Å². The molecule has 15 heavy (non-hydrogen) atoms. The van der Waals surface area contributed by atoms with Crippen LogP contribution < -0.4 is 10.1 Å². The summed E-state index contributed by atoms with van der Waals surface area (Å²) in [5, 5.41) is 3.31. The Bertz CT molecular complexity index is 357. The van der Waals surface area contributed by atoms with E-state index in [1.165, 1.54) is 5.57 Å². The van der Waals surface area contributed by atoms with Crippen LogP contribution in [0.3, 0.4) is 0 Å². The first kappa shape index (κ1) is 12.1. The number of nitrogens with one attached hydrogen (secondary N) is 1. The molecule has 0 aliphatic rings. The van der Waals surface area contributed by atoms with Crippen LogP contribution in [0.4, 0.5) is 5.69 Å². The number of rotatable bonds is 4. The molecule has 0 unspecified atom stereocenters. The van der Waals surface area contributed by atoms with Crippen LogP contribution in [-0.2, 0) is 0 Å². The van der Waals surface area contributed by atoms with Crippen molar-refractivity contribution in [3.05, 3.63) is 34.3 Å². The molecule has 0 radical (unpaired) electrons. The Balaban J connectivity index is 2.63. The summed E-state index contributed by atoms with van der Waals surface area (Å²) in [5.74, 6) is 0.850. The number of halogens is 1. The van der Waals surface area contributed by atoms with E-state index >= 15 is 0 Å². The van der Waals surface area contributed by atoms with E-state index in [2.05, 4.69) is 41.2 Å². The van der Waals surface area contributed by atoms with E-state index in [0.717, 1.165) is 22.5 Å². The van der Waals surface area contributed by atoms with Gasteiger partial charge in [0.15, 0.2) is 0 Å². The Kier molecular flexibility index (Phi) is 4.69. The summed E-state index contributed by atoms with van der Waals surface area (Å²) in [6.45, 7) is 5.03. The Morgan fingerprint density at radius 3 is 2.73 bits per heavy atom. The minimum atomic E-state index is 0.848. The molecule has 1 N–H and O–H groups in total. The second kappa shape index (κ2) is 5.81. The molecule has 0 atom stereocenters. The van der Waals surface area contributed by atoms with Crippen molar-refractivity contribution in [1.82, 2.24) is 0 Å². The summed E-state index contributed by atoms with van der Waals surface area (Å²) >= 11 is 3.45. The first-order valence-electron chi connectivity index (χ1n) is 4.84. The van der Waals surface area contributed by atoms with Crippen LogP contribution in [0.15, 0.2) is 34.3 Å². The number of methoxy groups -OCH3 is 1. The Morgan fingerprint density at radius 2 is 2.20 bits per heavy atom. The van der Waals surface area contributed by atoms with Gasteiger partial charge in [0, 0.05) is 12.2 Å². The van der Waals surface area contributed by atoms with E-state index in [0.29, 0.717) is 0 Å². The molecular formula is C12H16BrNO. The maximum atomic E-state index is 5.16. The van der Waals surface area contributed by atoms with Crippen LogP contribution in [0.1, 0.15) is 13.8 Å². The van der Waals surface area contributed by atoms with Gasteiger partial charge in [-0.2, -0.15) is 0 Å². The van der Waals surface area contributed by atoms with Crippen LogP contribution in [-0.4, -0.2) is 13.7 Å². The van der Waals surface area contributed by atoms with Gasteiger partial charge in [0.25, 0.3) is 0 Å². The van der Waals surface area contributed by atoms with Gasteiger partial charge < -0.3 is 10.1 Å². The van der Waals surface area contributed by atoms with Gasteiger partial charge in [-0.05, 0) is 48.0 Å². The third kappa shape index (κ3) is 3.96. The van der Waals surface area contributed by atoms with Gasteiger partial charge in [-0.25, -0.2) is 0 Å². The molecule has 0 aliphatic carbocycles. The molecule has 0 bridgehead atoms. The standard InChI is InChI=1S/C12H16BrNO/c1-9(2)6-7-14-10-4-5-12(15-3)11(13)8-10/h4-6,8,14H,7H2,1-3H3. The lowest BCUT2D eigenvalue weighted by Crippen LogP contribution is -1.98. The largest absolute Gasteiger partial charge is 0.496 e. The first-order chi connectivity index (χ1) is 7.13. The number of anilines is 1. The average molecular weight is 270 g/mol. The quantitative estimate of drug-likeness (QED) is 0.839. The lowest BCUT2D eigenvalue weighted by molar-refractivity contribution is 0.412. The first-order valence-corrected chi connectivity index (χ1v) is 5.63. The molecule has 0 fully saturated rings. The minimum absolute atomic E-state index is 0.848. The molecule has 3 heteroatoms. The van der Waals surface area contributed by atoms with Crippen LogP contribution in [0.5, 0.6) is 5.75 Å². The van der Waals surface area contributed by atoms with Crippen LogP contribution in [0.2, 0.25) is 0 Å². The smallest absolute Gasteiger partial charge is 0.133 e. The van der Waals surface area contributed by atoms with Crippen LogP contribution >= 0.6 is 15.9 Å². The number of hydrogen-bond acceptors (Lipinski definition) is 2. The summed E-state index contributed by atoms with van der Waals surface area (Å²) in [6, 6.07) is 5.95. The Morgan fingerprint density at radius 1 is 1.47 bits per heavy atom.